The Morgan fingerprint density at radius 3 is 2.18 bits per heavy atom. The Morgan fingerprint density at radius 2 is 1.59 bits per heavy atom. The predicted molar refractivity (Wildman–Crippen MR) is 241 cm³/mol. The molecular formula is C46H64N8O14. The first-order valence-corrected chi connectivity index (χ1v) is 22.5. The number of nitrogens with one attached hydrogen (secondary N) is 5. The number of amides is 8. The van der Waals surface area contributed by atoms with Gasteiger partial charge in [-0.1, -0.05) is 44.5 Å². The standard InChI is InChI=1S/C46H64N8O14/c1-7-24(2)37-46(66)68-26(4)38(52-40(60)31(48-23-55)18-20-35(47)58)43(63)49-32(17-12-27-8-13-29(57)14-9-27)41(61)50-33-19-21-36(59)54(44(33)64)39(25(3)56)45(65)53(5)34(42(62)51-37)22-28-10-15-30(67-6)16-11-28/h8-11,13-16,23-26,31-34,36-39,56-57,59H,7,12,17-22H2,1-6H3,(H2,47,58)(H,48,55)(H,49,63)(H,50,61)(H,51,62)(H,52,60)/t24-,25+,26+,31-,32-,33-,34?,36+,37-,38-,39-/m0/s1. The van der Waals surface area contributed by atoms with Crippen molar-refractivity contribution in [1.29, 1.82) is 0 Å². The van der Waals surface area contributed by atoms with Gasteiger partial charge in [-0.2, -0.15) is 0 Å². The Bertz CT molecular complexity index is 2120. The van der Waals surface area contributed by atoms with Crippen LogP contribution in [0.1, 0.15) is 77.3 Å². The zero-order valence-corrected chi connectivity index (χ0v) is 39.0. The summed E-state index contributed by atoms with van der Waals surface area (Å²) in [5, 5.41) is 45.0. The molecule has 2 aromatic carbocycles. The molecule has 4 rings (SSSR count). The molecule has 0 aromatic heterocycles. The number of methoxy groups -OCH3 is 1. The normalized spacial score (nSPS) is 25.7. The molecule has 0 radical (unpaired) electrons. The lowest BCUT2D eigenvalue weighted by molar-refractivity contribution is -0.170. The van der Waals surface area contributed by atoms with Gasteiger partial charge >= 0.3 is 5.97 Å². The van der Waals surface area contributed by atoms with E-state index in [2.05, 4.69) is 26.6 Å². The summed E-state index contributed by atoms with van der Waals surface area (Å²) in [6, 6.07) is 1.78. The second kappa shape index (κ2) is 24.8. The zero-order chi connectivity index (χ0) is 50.4. The molecule has 0 spiro atoms. The average Bonchev–Trinajstić information content (AvgIpc) is 3.30. The first-order valence-electron chi connectivity index (χ1n) is 22.5. The number of likely N-dealkylation sites (N-methyl/N-ethyl adjacent to an activating group) is 1. The fraction of sp³-hybridized carbons (Fsp3) is 0.543. The van der Waals surface area contributed by atoms with Crippen molar-refractivity contribution < 1.29 is 67.9 Å². The minimum atomic E-state index is -1.81. The molecule has 2 aromatic rings. The van der Waals surface area contributed by atoms with E-state index in [9.17, 15) is 58.5 Å². The molecule has 68 heavy (non-hydrogen) atoms. The van der Waals surface area contributed by atoms with Crippen molar-refractivity contribution >= 4 is 53.7 Å². The number of carbonyl (C=O) groups excluding carboxylic acids is 9. The summed E-state index contributed by atoms with van der Waals surface area (Å²) in [6.07, 6.45) is -5.47. The number of primary amides is 1. The van der Waals surface area contributed by atoms with Gasteiger partial charge in [0.1, 0.15) is 66.1 Å². The van der Waals surface area contributed by atoms with Gasteiger partial charge in [0, 0.05) is 19.9 Å². The van der Waals surface area contributed by atoms with Gasteiger partial charge in [0.15, 0.2) is 0 Å². The van der Waals surface area contributed by atoms with Gasteiger partial charge in [-0.15, -0.1) is 0 Å². The molecule has 2 saturated heterocycles. The summed E-state index contributed by atoms with van der Waals surface area (Å²) >= 11 is 0. The van der Waals surface area contributed by atoms with Crippen LogP contribution in [0.2, 0.25) is 0 Å². The van der Waals surface area contributed by atoms with Crippen LogP contribution in [0.5, 0.6) is 11.5 Å². The Morgan fingerprint density at radius 1 is 0.941 bits per heavy atom. The lowest BCUT2D eigenvalue weighted by Crippen LogP contribution is -2.67. The van der Waals surface area contributed by atoms with Crippen LogP contribution < -0.4 is 37.1 Å². The highest BCUT2D eigenvalue weighted by molar-refractivity contribution is 5.98. The molecule has 22 nitrogen and oxygen atoms in total. The van der Waals surface area contributed by atoms with Crippen LogP contribution in [0.15, 0.2) is 48.5 Å². The first kappa shape index (κ1) is 53.8. The quantitative estimate of drug-likeness (QED) is 0.0677. The molecule has 2 bridgehead atoms. The van der Waals surface area contributed by atoms with Gasteiger partial charge in [0.25, 0.3) is 0 Å². The Labute approximate surface area is 394 Å². The van der Waals surface area contributed by atoms with E-state index < -0.39 is 114 Å². The number of rotatable bonds is 16. The molecular weight excluding hydrogens is 889 g/mol. The summed E-state index contributed by atoms with van der Waals surface area (Å²) in [4.78, 5) is 125. The molecule has 372 valence electrons. The SMILES string of the molecule is CC[C@H](C)[C@@H]1NC(=O)C(Cc2ccc(OC)cc2)N(C)C(=O)[C@H]([C@@H](C)O)N2C(=O)[C@H](CC[C@H]2O)NC(=O)[C@H](CCc2ccc(O)cc2)NC(=O)[C@@H](NC(=O)[C@H](CCC(N)=O)NC=O)[C@@H](C)OC1=O. The van der Waals surface area contributed by atoms with Crippen molar-refractivity contribution in [2.75, 3.05) is 14.2 Å². The molecule has 8 amide bonds. The second-order valence-electron chi connectivity index (χ2n) is 17.2. The van der Waals surface area contributed by atoms with Crippen LogP contribution in [0, 0.1) is 5.92 Å². The highest BCUT2D eigenvalue weighted by atomic mass is 16.5. The van der Waals surface area contributed by atoms with Crippen LogP contribution in [-0.4, -0.2) is 154 Å². The lowest BCUT2D eigenvalue weighted by atomic mass is 9.96. The number of cyclic esters (lactones) is 1. The number of piperidine rings is 1. The smallest absolute Gasteiger partial charge is 0.329 e. The number of ether oxygens (including phenoxy) is 2. The molecule has 11 atom stereocenters. The number of nitrogens with two attached hydrogens (primary N) is 1. The molecule has 0 saturated carbocycles. The van der Waals surface area contributed by atoms with Gasteiger partial charge in [0.2, 0.25) is 47.8 Å². The van der Waals surface area contributed by atoms with Crippen LogP contribution >= 0.6 is 0 Å². The predicted octanol–water partition coefficient (Wildman–Crippen LogP) is -1.60. The Balaban J connectivity index is 1.88. The number of aryl methyl sites for hydroxylation is 1. The summed E-state index contributed by atoms with van der Waals surface area (Å²) < 4.78 is 11.1. The fourth-order valence-electron chi connectivity index (χ4n) is 8.00. The lowest BCUT2D eigenvalue weighted by Gasteiger charge is -2.43. The van der Waals surface area contributed by atoms with Crippen LogP contribution in [0.3, 0.4) is 0 Å². The molecule has 2 aliphatic heterocycles. The number of aromatic hydroxyl groups is 1. The van der Waals surface area contributed by atoms with Crippen LogP contribution in [0.25, 0.3) is 0 Å². The number of nitrogens with zero attached hydrogens (tertiary/aromatic N) is 2. The van der Waals surface area contributed by atoms with Gasteiger partial charge in [-0.25, -0.2) is 4.79 Å². The summed E-state index contributed by atoms with van der Waals surface area (Å²) in [7, 11) is 2.74. The van der Waals surface area contributed by atoms with E-state index >= 15 is 0 Å². The average molecular weight is 953 g/mol. The third-order valence-corrected chi connectivity index (χ3v) is 12.3. The van der Waals surface area contributed by atoms with Gasteiger partial charge in [-0.3, -0.25) is 38.4 Å². The molecule has 10 N–H and O–H groups in total. The van der Waals surface area contributed by atoms with Crippen LogP contribution in [0.4, 0.5) is 0 Å². The molecule has 2 fully saturated rings. The third-order valence-electron chi connectivity index (χ3n) is 12.3. The molecule has 22 heteroatoms. The zero-order valence-electron chi connectivity index (χ0n) is 39.0. The number of carbonyl (C=O) groups is 9. The van der Waals surface area contributed by atoms with Gasteiger partial charge < -0.3 is 66.9 Å². The van der Waals surface area contributed by atoms with E-state index in [-0.39, 0.29) is 57.1 Å². The summed E-state index contributed by atoms with van der Waals surface area (Å²) in [5.41, 5.74) is 6.45. The topological polar surface area (TPSA) is 325 Å². The largest absolute Gasteiger partial charge is 0.508 e. The van der Waals surface area contributed by atoms with E-state index in [1.165, 1.54) is 40.1 Å². The minimum absolute atomic E-state index is 0.0299. The number of aliphatic hydroxyl groups is 2. The number of benzene rings is 2. The number of fused-ring (bicyclic) bond motifs is 2. The number of hydrogen-bond donors (Lipinski definition) is 9. The maximum absolute atomic E-state index is 14.7. The van der Waals surface area contributed by atoms with Crippen molar-refractivity contribution in [3.05, 3.63) is 59.7 Å². The summed E-state index contributed by atoms with van der Waals surface area (Å²) in [5.74, 6) is -7.79. The molecule has 0 aliphatic carbocycles. The first-order chi connectivity index (χ1) is 32.2. The highest BCUT2D eigenvalue weighted by Gasteiger charge is 2.47. The van der Waals surface area contributed by atoms with E-state index in [1.54, 1.807) is 50.2 Å². The van der Waals surface area contributed by atoms with E-state index in [0.29, 0.717) is 23.3 Å². The van der Waals surface area contributed by atoms with Crippen molar-refractivity contribution in [3.63, 3.8) is 0 Å². The van der Waals surface area contributed by atoms with Gasteiger partial charge in [-0.05, 0) is 87.3 Å². The van der Waals surface area contributed by atoms with E-state index in [4.69, 9.17) is 15.2 Å². The van der Waals surface area contributed by atoms with Crippen LogP contribution in [-0.2, 0) is 60.7 Å². The Hall–Kier alpha value is -6.81. The number of aliphatic hydroxyl groups excluding tert-OH is 2. The third kappa shape index (κ3) is 14.1. The van der Waals surface area contributed by atoms with Crippen molar-refractivity contribution in [2.24, 2.45) is 11.7 Å². The van der Waals surface area contributed by atoms with Crippen molar-refractivity contribution in [2.45, 2.75) is 140 Å². The maximum Gasteiger partial charge on any atom is 0.329 e. The molecule has 1 unspecified atom stereocenters. The number of hydrogen-bond acceptors (Lipinski definition) is 14. The van der Waals surface area contributed by atoms with Crippen molar-refractivity contribution in [3.8, 4) is 11.5 Å². The number of esters is 1. The van der Waals surface area contributed by atoms with E-state index in [0.717, 1.165) is 9.80 Å². The second-order valence-corrected chi connectivity index (χ2v) is 17.2. The Kier molecular flexibility index (Phi) is 19.6. The monoisotopic (exact) mass is 952 g/mol. The highest BCUT2D eigenvalue weighted by Crippen LogP contribution is 2.25. The van der Waals surface area contributed by atoms with Crippen molar-refractivity contribution in [1.82, 2.24) is 36.4 Å². The summed E-state index contributed by atoms with van der Waals surface area (Å²) in [6.45, 7) is 5.87. The fourth-order valence-corrected chi connectivity index (χ4v) is 8.00. The molecule has 2 heterocycles. The maximum atomic E-state index is 14.7. The van der Waals surface area contributed by atoms with E-state index in [1.807, 2.05) is 0 Å². The number of phenols is 1. The molecule has 2 aliphatic rings. The van der Waals surface area contributed by atoms with Gasteiger partial charge in [0.05, 0.1) is 13.2 Å². The minimum Gasteiger partial charge on any atom is -0.508 e. The number of phenolic OH excluding ortho intramolecular Hbond substituents is 1.